The number of aromatic nitrogens is 1. The van der Waals surface area contributed by atoms with E-state index in [0.29, 0.717) is 0 Å². The summed E-state index contributed by atoms with van der Waals surface area (Å²) >= 11 is 1.68. The van der Waals surface area contributed by atoms with Crippen molar-refractivity contribution >= 4 is 11.3 Å². The predicted molar refractivity (Wildman–Crippen MR) is 93.7 cm³/mol. The molecule has 4 heteroatoms. The molecule has 1 aromatic heterocycles. The van der Waals surface area contributed by atoms with Gasteiger partial charge in [0.25, 0.3) is 0 Å². The molecule has 0 spiro atoms. The minimum absolute atomic E-state index is 0.809. The van der Waals surface area contributed by atoms with Crippen molar-refractivity contribution < 1.29 is 4.74 Å². The molecular weight excluding hydrogens is 304 g/mol. The first-order valence-corrected chi connectivity index (χ1v) is 8.69. The third-order valence-electron chi connectivity index (χ3n) is 4.09. The van der Waals surface area contributed by atoms with Crippen LogP contribution in [0.2, 0.25) is 0 Å². The van der Waals surface area contributed by atoms with E-state index in [2.05, 4.69) is 52.8 Å². The maximum Gasteiger partial charge on any atom is 0.122 e. The van der Waals surface area contributed by atoms with Crippen molar-refractivity contribution in [1.29, 1.82) is 0 Å². The highest BCUT2D eigenvalue weighted by Crippen LogP contribution is 2.30. The molecule has 116 valence electrons. The summed E-state index contributed by atoms with van der Waals surface area (Å²) in [6, 6.07) is 15.3. The predicted octanol–water partition coefficient (Wildman–Crippen LogP) is 4.03. The van der Waals surface area contributed by atoms with Crippen molar-refractivity contribution in [2.45, 2.75) is 19.5 Å². The number of rotatable bonds is 5. The molecule has 3 nitrogen and oxygen atoms in total. The summed E-state index contributed by atoms with van der Waals surface area (Å²) in [7, 11) is 0. The highest BCUT2D eigenvalue weighted by Gasteiger charge is 2.12. The summed E-state index contributed by atoms with van der Waals surface area (Å²) < 4.78 is 5.57. The van der Waals surface area contributed by atoms with Crippen molar-refractivity contribution in [3.8, 4) is 16.9 Å². The smallest absolute Gasteiger partial charge is 0.122 e. The maximum absolute atomic E-state index is 5.57. The summed E-state index contributed by atoms with van der Waals surface area (Å²) in [6.45, 7) is 2.55. The van der Waals surface area contributed by atoms with Gasteiger partial charge in [-0.05, 0) is 34.4 Å². The molecule has 23 heavy (non-hydrogen) atoms. The van der Waals surface area contributed by atoms with Crippen LogP contribution in [0.25, 0.3) is 11.1 Å². The van der Waals surface area contributed by atoms with Crippen molar-refractivity contribution in [3.05, 3.63) is 70.2 Å². The van der Waals surface area contributed by atoms with Crippen LogP contribution in [0.5, 0.6) is 5.75 Å². The maximum atomic E-state index is 5.57. The van der Waals surface area contributed by atoms with Crippen molar-refractivity contribution in [2.24, 2.45) is 0 Å². The van der Waals surface area contributed by atoms with Crippen molar-refractivity contribution in [3.63, 3.8) is 0 Å². The Morgan fingerprint density at radius 3 is 2.74 bits per heavy atom. The Labute approximate surface area is 140 Å². The monoisotopic (exact) mass is 322 g/mol. The minimum atomic E-state index is 0.809. The first kappa shape index (κ1) is 14.4. The van der Waals surface area contributed by atoms with Crippen LogP contribution in [0.4, 0.5) is 0 Å². The standard InChI is InChI=1S/C19H18N2OS/c1-3-15(16-5-6-19-17(9-16)7-8-22-19)4-2-14(1)10-20-11-18-12-21-13-23-18/h1-6,9,12-13,20H,7-8,10-11H2. The van der Waals surface area contributed by atoms with E-state index in [-0.39, 0.29) is 0 Å². The number of fused-ring (bicyclic) bond motifs is 1. The molecule has 0 saturated carbocycles. The van der Waals surface area contributed by atoms with E-state index in [1.165, 1.54) is 27.1 Å². The third-order valence-corrected chi connectivity index (χ3v) is 4.87. The van der Waals surface area contributed by atoms with Gasteiger partial charge in [-0.25, -0.2) is 0 Å². The largest absolute Gasteiger partial charge is 0.493 e. The number of nitrogens with one attached hydrogen (secondary N) is 1. The fourth-order valence-corrected chi connectivity index (χ4v) is 3.40. The Balaban J connectivity index is 1.41. The van der Waals surface area contributed by atoms with Crippen LogP contribution in [0.1, 0.15) is 16.0 Å². The third kappa shape index (κ3) is 3.28. The lowest BCUT2D eigenvalue weighted by Crippen LogP contribution is -2.11. The molecule has 0 saturated heterocycles. The molecule has 2 aromatic carbocycles. The molecule has 0 amide bonds. The number of ether oxygens (including phenoxy) is 1. The number of nitrogens with zero attached hydrogens (tertiary/aromatic N) is 1. The van der Waals surface area contributed by atoms with Crippen LogP contribution >= 0.6 is 11.3 Å². The van der Waals surface area contributed by atoms with Crippen molar-refractivity contribution in [2.75, 3.05) is 6.61 Å². The highest BCUT2D eigenvalue weighted by molar-refractivity contribution is 7.09. The summed E-state index contributed by atoms with van der Waals surface area (Å²) in [4.78, 5) is 5.35. The molecule has 1 aliphatic rings. The first-order valence-electron chi connectivity index (χ1n) is 7.81. The zero-order valence-corrected chi connectivity index (χ0v) is 13.6. The lowest BCUT2D eigenvalue weighted by molar-refractivity contribution is 0.357. The van der Waals surface area contributed by atoms with E-state index in [9.17, 15) is 0 Å². The van der Waals surface area contributed by atoms with Crippen LogP contribution in [-0.2, 0) is 19.5 Å². The fraction of sp³-hybridized carbons (Fsp3) is 0.211. The van der Waals surface area contributed by atoms with E-state index in [0.717, 1.165) is 31.9 Å². The summed E-state index contributed by atoms with van der Waals surface area (Å²) in [5, 5.41) is 3.45. The van der Waals surface area contributed by atoms with E-state index in [1.54, 1.807) is 11.3 Å². The Bertz CT molecular complexity index is 782. The number of thiazole rings is 1. The zero-order chi connectivity index (χ0) is 15.5. The zero-order valence-electron chi connectivity index (χ0n) is 12.8. The number of hydrogen-bond acceptors (Lipinski definition) is 4. The van der Waals surface area contributed by atoms with Gasteiger partial charge in [-0.3, -0.25) is 4.98 Å². The molecule has 0 radical (unpaired) electrons. The van der Waals surface area contributed by atoms with Gasteiger partial charge in [-0.2, -0.15) is 0 Å². The van der Waals surface area contributed by atoms with E-state index in [4.69, 9.17) is 4.74 Å². The molecule has 2 heterocycles. The van der Waals surface area contributed by atoms with Gasteiger partial charge >= 0.3 is 0 Å². The quantitative estimate of drug-likeness (QED) is 0.770. The van der Waals surface area contributed by atoms with Gasteiger partial charge in [0.1, 0.15) is 5.75 Å². The normalized spacial score (nSPS) is 12.9. The minimum Gasteiger partial charge on any atom is -0.493 e. The highest BCUT2D eigenvalue weighted by atomic mass is 32.1. The van der Waals surface area contributed by atoms with Gasteiger partial charge in [0, 0.05) is 30.6 Å². The fourth-order valence-electron chi connectivity index (χ4n) is 2.84. The average molecular weight is 322 g/mol. The summed E-state index contributed by atoms with van der Waals surface area (Å²) in [5.41, 5.74) is 7.00. The second-order valence-electron chi connectivity index (χ2n) is 5.69. The molecule has 0 bridgehead atoms. The van der Waals surface area contributed by atoms with Crippen LogP contribution in [0.3, 0.4) is 0 Å². The second kappa shape index (κ2) is 6.52. The van der Waals surface area contributed by atoms with Crippen LogP contribution in [-0.4, -0.2) is 11.6 Å². The summed E-state index contributed by atoms with van der Waals surface area (Å²) in [5.74, 6) is 1.04. The Kier molecular flexibility index (Phi) is 4.09. The van der Waals surface area contributed by atoms with E-state index >= 15 is 0 Å². The van der Waals surface area contributed by atoms with Gasteiger partial charge in [-0.15, -0.1) is 11.3 Å². The molecule has 0 atom stereocenters. The van der Waals surface area contributed by atoms with Crippen molar-refractivity contribution in [1.82, 2.24) is 10.3 Å². The molecule has 0 fully saturated rings. The number of benzene rings is 2. The Hall–Kier alpha value is -2.17. The molecular formula is C19H18N2OS. The van der Waals surface area contributed by atoms with Crippen LogP contribution in [0, 0.1) is 0 Å². The molecule has 0 aliphatic carbocycles. The lowest BCUT2D eigenvalue weighted by atomic mass is 10.0. The van der Waals surface area contributed by atoms with Crippen LogP contribution < -0.4 is 10.1 Å². The second-order valence-corrected chi connectivity index (χ2v) is 6.66. The molecule has 3 aromatic rings. The van der Waals surface area contributed by atoms with E-state index in [1.807, 2.05) is 11.7 Å². The summed E-state index contributed by atoms with van der Waals surface area (Å²) in [6.07, 6.45) is 2.93. The molecule has 0 unspecified atom stereocenters. The van der Waals surface area contributed by atoms with Gasteiger partial charge in [0.05, 0.1) is 12.1 Å². The average Bonchev–Trinajstić information content (AvgIpc) is 3.26. The van der Waals surface area contributed by atoms with E-state index < -0.39 is 0 Å². The molecule has 4 rings (SSSR count). The van der Waals surface area contributed by atoms with Gasteiger partial charge in [-0.1, -0.05) is 30.3 Å². The lowest BCUT2D eigenvalue weighted by Gasteiger charge is -2.07. The van der Waals surface area contributed by atoms with Crippen LogP contribution in [0.15, 0.2) is 54.2 Å². The van der Waals surface area contributed by atoms with Gasteiger partial charge < -0.3 is 10.1 Å². The molecule has 1 N–H and O–H groups in total. The number of hydrogen-bond donors (Lipinski definition) is 1. The SMILES string of the molecule is c1ncc(CNCc2ccc(-c3ccc4c(c3)CCO4)cc2)s1. The first-order chi connectivity index (χ1) is 11.4. The Morgan fingerprint density at radius 2 is 1.91 bits per heavy atom. The van der Waals surface area contributed by atoms with Gasteiger partial charge in [0.15, 0.2) is 0 Å². The molecule has 1 aliphatic heterocycles. The van der Waals surface area contributed by atoms with Gasteiger partial charge in [0.2, 0.25) is 0 Å². The Morgan fingerprint density at radius 1 is 1.04 bits per heavy atom. The topological polar surface area (TPSA) is 34.2 Å².